The van der Waals surface area contributed by atoms with E-state index in [0.717, 1.165) is 54.2 Å². The second kappa shape index (κ2) is 5.31. The molecule has 0 N–H and O–H groups in total. The number of aryl methyl sites for hydroxylation is 1. The minimum Gasteiger partial charge on any atom is -0.380 e. The van der Waals surface area contributed by atoms with Gasteiger partial charge in [0.15, 0.2) is 0 Å². The van der Waals surface area contributed by atoms with Crippen molar-refractivity contribution in [3.63, 3.8) is 0 Å². The minimum atomic E-state index is 0.0129. The fourth-order valence-corrected chi connectivity index (χ4v) is 4.41. The molecule has 6 heteroatoms. The third kappa shape index (κ3) is 2.39. The molecule has 4 rings (SSSR count). The maximum absolute atomic E-state index is 12.8. The third-order valence-electron chi connectivity index (χ3n) is 5.02. The lowest BCUT2D eigenvalue weighted by molar-refractivity contribution is -0.118. The van der Waals surface area contributed by atoms with Gasteiger partial charge in [-0.2, -0.15) is 0 Å². The van der Waals surface area contributed by atoms with Gasteiger partial charge in [0.2, 0.25) is 5.95 Å². The van der Waals surface area contributed by atoms with Crippen LogP contribution in [0.1, 0.15) is 18.4 Å². The first-order valence-electron chi connectivity index (χ1n) is 7.99. The van der Waals surface area contributed by atoms with Crippen LogP contribution in [0.3, 0.4) is 0 Å². The number of hydrogen-bond acceptors (Lipinski definition) is 4. The van der Waals surface area contributed by atoms with Crippen LogP contribution in [0.4, 0.5) is 5.95 Å². The van der Waals surface area contributed by atoms with Crippen molar-refractivity contribution in [1.82, 2.24) is 9.55 Å². The summed E-state index contributed by atoms with van der Waals surface area (Å²) < 4.78 is 8.00. The molecule has 2 aromatic rings. The normalized spacial score (nSPS) is 20.0. The number of ether oxygens (including phenoxy) is 1. The van der Waals surface area contributed by atoms with Crippen molar-refractivity contribution in [2.24, 2.45) is 12.5 Å². The van der Waals surface area contributed by atoms with Crippen molar-refractivity contribution >= 4 is 32.8 Å². The topological polar surface area (TPSA) is 47.4 Å². The molecule has 5 nitrogen and oxygen atoms in total. The van der Waals surface area contributed by atoms with Crippen molar-refractivity contribution in [2.45, 2.75) is 19.8 Å². The van der Waals surface area contributed by atoms with E-state index in [4.69, 9.17) is 9.72 Å². The van der Waals surface area contributed by atoms with E-state index >= 15 is 0 Å². The molecule has 122 valence electrons. The summed E-state index contributed by atoms with van der Waals surface area (Å²) in [5.74, 6) is 0.762. The molecule has 2 aliphatic heterocycles. The number of anilines is 1. The van der Waals surface area contributed by atoms with Gasteiger partial charge in [0.25, 0.3) is 5.56 Å². The van der Waals surface area contributed by atoms with Crippen molar-refractivity contribution in [3.8, 4) is 0 Å². The number of aromatic nitrogens is 2. The van der Waals surface area contributed by atoms with Crippen LogP contribution in [0.2, 0.25) is 0 Å². The lowest BCUT2D eigenvalue weighted by atomic mass is 9.78. The zero-order valence-electron chi connectivity index (χ0n) is 13.4. The number of nitrogens with zero attached hydrogens (tertiary/aromatic N) is 3. The number of halogens is 1. The Balaban J connectivity index is 1.84. The average molecular weight is 378 g/mol. The van der Waals surface area contributed by atoms with Crippen LogP contribution in [0.5, 0.6) is 0 Å². The van der Waals surface area contributed by atoms with Crippen molar-refractivity contribution in [1.29, 1.82) is 0 Å². The highest BCUT2D eigenvalue weighted by Gasteiger charge is 2.42. The number of fused-ring (bicyclic) bond motifs is 1. The minimum absolute atomic E-state index is 0.0129. The van der Waals surface area contributed by atoms with Gasteiger partial charge < -0.3 is 9.64 Å². The van der Waals surface area contributed by atoms with Gasteiger partial charge in [-0.05, 0) is 53.4 Å². The quantitative estimate of drug-likeness (QED) is 0.766. The Bertz CT molecular complexity index is 842. The van der Waals surface area contributed by atoms with Crippen molar-refractivity contribution in [2.75, 3.05) is 31.2 Å². The summed E-state index contributed by atoms with van der Waals surface area (Å²) in [6, 6.07) is 3.92. The molecule has 0 bridgehead atoms. The van der Waals surface area contributed by atoms with E-state index in [9.17, 15) is 4.79 Å². The zero-order valence-corrected chi connectivity index (χ0v) is 15.0. The van der Waals surface area contributed by atoms with Gasteiger partial charge in [0.05, 0.1) is 24.1 Å². The lowest BCUT2D eigenvalue weighted by Crippen LogP contribution is -2.55. The predicted octanol–water partition coefficient (Wildman–Crippen LogP) is 2.62. The van der Waals surface area contributed by atoms with Gasteiger partial charge in [0.1, 0.15) is 0 Å². The van der Waals surface area contributed by atoms with Crippen molar-refractivity contribution in [3.05, 3.63) is 32.5 Å². The highest BCUT2D eigenvalue weighted by molar-refractivity contribution is 9.10. The van der Waals surface area contributed by atoms with E-state index in [1.807, 2.05) is 26.1 Å². The maximum Gasteiger partial charge on any atom is 0.262 e. The van der Waals surface area contributed by atoms with Gasteiger partial charge in [-0.15, -0.1) is 0 Å². The molecule has 0 amide bonds. The maximum atomic E-state index is 12.8. The Kier molecular flexibility index (Phi) is 3.50. The summed E-state index contributed by atoms with van der Waals surface area (Å²) in [5.41, 5.74) is 2.08. The van der Waals surface area contributed by atoms with Gasteiger partial charge >= 0.3 is 0 Å². The standard InChI is InChI=1S/C17H20BrN3O2/c1-11-6-12-14(13(18)7-11)19-16(20(2)15(12)22)21-5-3-4-17(8-21)9-23-10-17/h6-7H,3-5,8-10H2,1-2H3. The second-order valence-corrected chi connectivity index (χ2v) is 7.79. The first kappa shape index (κ1) is 15.1. The zero-order chi connectivity index (χ0) is 16.2. The Hall–Kier alpha value is -1.40. The van der Waals surface area contributed by atoms with Crippen LogP contribution >= 0.6 is 15.9 Å². The van der Waals surface area contributed by atoms with Gasteiger partial charge in [-0.1, -0.05) is 0 Å². The fraction of sp³-hybridized carbons (Fsp3) is 0.529. The SMILES string of the molecule is Cc1cc(Br)c2nc(N3CCCC4(COC4)C3)n(C)c(=O)c2c1. The monoisotopic (exact) mass is 377 g/mol. The van der Waals surface area contributed by atoms with Crippen molar-refractivity contribution < 1.29 is 4.74 Å². The predicted molar refractivity (Wildman–Crippen MR) is 94.1 cm³/mol. The molecule has 0 aliphatic carbocycles. The summed E-state index contributed by atoms with van der Waals surface area (Å²) in [7, 11) is 1.82. The molecule has 1 aromatic carbocycles. The second-order valence-electron chi connectivity index (χ2n) is 6.94. The number of hydrogen-bond donors (Lipinski definition) is 0. The van der Waals surface area contributed by atoms with Crippen LogP contribution in [-0.2, 0) is 11.8 Å². The first-order chi connectivity index (χ1) is 11.0. The van der Waals surface area contributed by atoms with Gasteiger partial charge in [-0.25, -0.2) is 4.98 Å². The van der Waals surface area contributed by atoms with Gasteiger partial charge in [-0.3, -0.25) is 9.36 Å². The van der Waals surface area contributed by atoms with Crippen LogP contribution in [0.25, 0.3) is 10.9 Å². The first-order valence-corrected chi connectivity index (χ1v) is 8.78. The summed E-state index contributed by atoms with van der Waals surface area (Å²) in [6.45, 7) is 5.50. The van der Waals surface area contributed by atoms with Crippen LogP contribution < -0.4 is 10.5 Å². The average Bonchev–Trinajstić information content (AvgIpc) is 2.50. The van der Waals surface area contributed by atoms with Crippen LogP contribution in [-0.4, -0.2) is 35.9 Å². The molecule has 2 fully saturated rings. The van der Waals surface area contributed by atoms with E-state index in [0.29, 0.717) is 5.39 Å². The molecular formula is C17H20BrN3O2. The molecule has 1 spiro atoms. The largest absolute Gasteiger partial charge is 0.380 e. The molecule has 2 saturated heterocycles. The number of benzene rings is 1. The highest BCUT2D eigenvalue weighted by atomic mass is 79.9. The number of rotatable bonds is 1. The van der Waals surface area contributed by atoms with Crippen LogP contribution in [0.15, 0.2) is 21.4 Å². The summed E-state index contributed by atoms with van der Waals surface area (Å²) >= 11 is 3.56. The molecule has 1 aromatic heterocycles. The molecular weight excluding hydrogens is 358 g/mol. The molecule has 2 aliphatic rings. The fourth-order valence-electron chi connectivity index (χ4n) is 3.75. The van der Waals surface area contributed by atoms with E-state index in [1.165, 1.54) is 6.42 Å². The number of piperidine rings is 1. The molecule has 0 radical (unpaired) electrons. The molecule has 0 saturated carbocycles. The smallest absolute Gasteiger partial charge is 0.262 e. The molecule has 0 atom stereocenters. The highest BCUT2D eigenvalue weighted by Crippen LogP contribution is 2.38. The Labute approximate surface area is 143 Å². The van der Waals surface area contributed by atoms with E-state index in [1.54, 1.807) is 4.57 Å². The third-order valence-corrected chi connectivity index (χ3v) is 5.62. The van der Waals surface area contributed by atoms with E-state index < -0.39 is 0 Å². The lowest BCUT2D eigenvalue weighted by Gasteiger charge is -2.48. The van der Waals surface area contributed by atoms with E-state index in [2.05, 4.69) is 20.8 Å². The van der Waals surface area contributed by atoms with Crippen LogP contribution in [0, 0.1) is 12.3 Å². The molecule has 3 heterocycles. The summed E-state index contributed by atoms with van der Waals surface area (Å²) in [5, 5.41) is 0.668. The summed E-state index contributed by atoms with van der Waals surface area (Å²) in [6.07, 6.45) is 2.32. The summed E-state index contributed by atoms with van der Waals surface area (Å²) in [4.78, 5) is 19.9. The Morgan fingerprint density at radius 3 is 2.83 bits per heavy atom. The molecule has 0 unspecified atom stereocenters. The molecule has 23 heavy (non-hydrogen) atoms. The Morgan fingerprint density at radius 2 is 2.13 bits per heavy atom. The van der Waals surface area contributed by atoms with Gasteiger partial charge in [0, 0.05) is 30.0 Å². The van der Waals surface area contributed by atoms with E-state index in [-0.39, 0.29) is 11.0 Å². The Morgan fingerprint density at radius 1 is 1.35 bits per heavy atom.